The molecule has 1 N–H and O–H groups in total. The van der Waals surface area contributed by atoms with Gasteiger partial charge in [-0.2, -0.15) is 0 Å². The van der Waals surface area contributed by atoms with E-state index in [1.807, 2.05) is 6.92 Å². The Hall–Kier alpha value is -0.520. The predicted molar refractivity (Wildman–Crippen MR) is 54.4 cm³/mol. The summed E-state index contributed by atoms with van der Waals surface area (Å²) in [5.41, 5.74) is 0. The Bertz CT molecular complexity index is 184. The van der Waals surface area contributed by atoms with E-state index in [1.54, 1.807) is 0 Å². The van der Waals surface area contributed by atoms with Gasteiger partial charge in [-0.05, 0) is 32.7 Å². The fraction of sp³-hybridized carbons (Fsp3) is 0.818. The van der Waals surface area contributed by atoms with Crippen molar-refractivity contribution in [3.05, 3.63) is 0 Å². The molecule has 0 aromatic carbocycles. The number of unbranched alkanes of at least 4 members (excludes halogenated alkanes) is 1. The van der Waals surface area contributed by atoms with E-state index in [9.17, 15) is 5.11 Å². The quantitative estimate of drug-likeness (QED) is 0.523. The third kappa shape index (κ3) is 4.31. The zero-order valence-corrected chi connectivity index (χ0v) is 8.42. The van der Waals surface area contributed by atoms with Crippen LogP contribution in [0.5, 0.6) is 0 Å². The zero-order chi connectivity index (χ0) is 9.52. The lowest BCUT2D eigenvalue weighted by molar-refractivity contribution is 0.0823. The highest BCUT2D eigenvalue weighted by Crippen LogP contribution is 2.10. The first-order valence-corrected chi connectivity index (χ1v) is 5.13. The molecule has 1 rings (SSSR count). The number of nitrogens with zero attached hydrogens (tertiary/aromatic N) is 1. The number of likely N-dealkylation sites (tertiary alicyclic amines) is 1. The molecule has 2 heteroatoms. The Morgan fingerprint density at radius 3 is 2.69 bits per heavy atom. The van der Waals surface area contributed by atoms with Gasteiger partial charge in [-0.3, -0.25) is 0 Å². The standard InChI is InChI=1S/C11H19NO/c1-2-3-4-5-8-12-9-6-11(13)7-10-12/h11,13H,4-10H2,1H3. The molecule has 1 saturated heterocycles. The van der Waals surface area contributed by atoms with Gasteiger partial charge in [0.05, 0.1) is 6.10 Å². The number of aliphatic hydroxyl groups excluding tert-OH is 1. The summed E-state index contributed by atoms with van der Waals surface area (Å²) < 4.78 is 0. The molecule has 13 heavy (non-hydrogen) atoms. The molecule has 2 nitrogen and oxygen atoms in total. The maximum atomic E-state index is 9.29. The lowest BCUT2D eigenvalue weighted by Gasteiger charge is -2.29. The summed E-state index contributed by atoms with van der Waals surface area (Å²) in [6, 6.07) is 0. The second-order valence-corrected chi connectivity index (χ2v) is 3.60. The molecule has 0 aromatic rings. The highest BCUT2D eigenvalue weighted by molar-refractivity contribution is 4.94. The van der Waals surface area contributed by atoms with Crippen molar-refractivity contribution in [3.63, 3.8) is 0 Å². The van der Waals surface area contributed by atoms with Gasteiger partial charge in [-0.15, -0.1) is 11.8 Å². The molecule has 0 saturated carbocycles. The average molecular weight is 181 g/mol. The molecule has 0 bridgehead atoms. The Balaban J connectivity index is 2.04. The van der Waals surface area contributed by atoms with Crippen LogP contribution in [0.4, 0.5) is 0 Å². The molecule has 1 fully saturated rings. The van der Waals surface area contributed by atoms with Gasteiger partial charge in [0.1, 0.15) is 0 Å². The minimum Gasteiger partial charge on any atom is -0.393 e. The van der Waals surface area contributed by atoms with Crippen molar-refractivity contribution in [2.75, 3.05) is 19.6 Å². The van der Waals surface area contributed by atoms with Crippen LogP contribution in [-0.2, 0) is 0 Å². The van der Waals surface area contributed by atoms with Gasteiger partial charge in [-0.25, -0.2) is 0 Å². The van der Waals surface area contributed by atoms with Crippen LogP contribution in [0.25, 0.3) is 0 Å². The van der Waals surface area contributed by atoms with Crippen LogP contribution in [-0.4, -0.2) is 35.7 Å². The molecule has 0 spiro atoms. The minimum absolute atomic E-state index is 0.0494. The summed E-state index contributed by atoms with van der Waals surface area (Å²) in [5, 5.41) is 9.29. The van der Waals surface area contributed by atoms with Crippen LogP contribution in [0.3, 0.4) is 0 Å². The zero-order valence-electron chi connectivity index (χ0n) is 8.42. The van der Waals surface area contributed by atoms with Crippen molar-refractivity contribution in [1.82, 2.24) is 4.90 Å². The number of aliphatic hydroxyl groups is 1. The van der Waals surface area contributed by atoms with Gasteiger partial charge in [0.15, 0.2) is 0 Å². The molecule has 0 aromatic heterocycles. The van der Waals surface area contributed by atoms with Gasteiger partial charge in [0.25, 0.3) is 0 Å². The van der Waals surface area contributed by atoms with E-state index >= 15 is 0 Å². The summed E-state index contributed by atoms with van der Waals surface area (Å²) in [6.45, 7) is 5.14. The van der Waals surface area contributed by atoms with Crippen LogP contribution in [0.1, 0.15) is 32.6 Å². The molecule has 0 amide bonds. The van der Waals surface area contributed by atoms with E-state index in [2.05, 4.69) is 16.7 Å². The maximum absolute atomic E-state index is 9.29. The number of hydrogen-bond donors (Lipinski definition) is 1. The predicted octanol–water partition coefficient (Wildman–Crippen LogP) is 1.25. The summed E-state index contributed by atoms with van der Waals surface area (Å²) in [6.07, 6.45) is 4.01. The Labute approximate surface area is 80.9 Å². The summed E-state index contributed by atoms with van der Waals surface area (Å²) in [4.78, 5) is 2.42. The first-order valence-electron chi connectivity index (χ1n) is 5.13. The smallest absolute Gasteiger partial charge is 0.0564 e. The number of rotatable bonds is 3. The summed E-state index contributed by atoms with van der Waals surface area (Å²) in [7, 11) is 0. The molecule has 0 atom stereocenters. The Kier molecular flexibility index (Phi) is 4.88. The highest BCUT2D eigenvalue weighted by Gasteiger charge is 2.15. The van der Waals surface area contributed by atoms with Crippen molar-refractivity contribution in [1.29, 1.82) is 0 Å². The second-order valence-electron chi connectivity index (χ2n) is 3.60. The minimum atomic E-state index is -0.0494. The maximum Gasteiger partial charge on any atom is 0.0564 e. The van der Waals surface area contributed by atoms with Gasteiger partial charge in [-0.1, -0.05) is 0 Å². The average Bonchev–Trinajstić information content (AvgIpc) is 2.15. The Morgan fingerprint density at radius 2 is 2.08 bits per heavy atom. The summed E-state index contributed by atoms with van der Waals surface area (Å²) in [5.74, 6) is 5.97. The van der Waals surface area contributed by atoms with Gasteiger partial charge in [0.2, 0.25) is 0 Å². The van der Waals surface area contributed by atoms with E-state index in [4.69, 9.17) is 0 Å². The monoisotopic (exact) mass is 181 g/mol. The van der Waals surface area contributed by atoms with Crippen LogP contribution < -0.4 is 0 Å². The highest BCUT2D eigenvalue weighted by atomic mass is 16.3. The van der Waals surface area contributed by atoms with Gasteiger partial charge in [0, 0.05) is 19.5 Å². The molecule has 1 aliphatic heterocycles. The summed E-state index contributed by atoms with van der Waals surface area (Å²) >= 11 is 0. The fourth-order valence-corrected chi connectivity index (χ4v) is 1.66. The van der Waals surface area contributed by atoms with Crippen LogP contribution >= 0.6 is 0 Å². The SMILES string of the molecule is CC#CCCCN1CCC(O)CC1. The Morgan fingerprint density at radius 1 is 1.38 bits per heavy atom. The van der Waals surface area contributed by atoms with Crippen molar-refractivity contribution < 1.29 is 5.11 Å². The normalized spacial score (nSPS) is 19.5. The molecule has 74 valence electrons. The third-order valence-electron chi connectivity index (χ3n) is 2.51. The lowest BCUT2D eigenvalue weighted by atomic mass is 10.1. The van der Waals surface area contributed by atoms with Crippen LogP contribution in [0, 0.1) is 11.8 Å². The van der Waals surface area contributed by atoms with Crippen molar-refractivity contribution >= 4 is 0 Å². The van der Waals surface area contributed by atoms with E-state index in [-0.39, 0.29) is 6.10 Å². The second kappa shape index (κ2) is 6.01. The van der Waals surface area contributed by atoms with E-state index in [0.717, 1.165) is 45.3 Å². The number of hydrogen-bond acceptors (Lipinski definition) is 2. The van der Waals surface area contributed by atoms with E-state index in [1.165, 1.54) is 0 Å². The van der Waals surface area contributed by atoms with Crippen molar-refractivity contribution in [2.45, 2.75) is 38.7 Å². The lowest BCUT2D eigenvalue weighted by Crippen LogP contribution is -2.36. The molecule has 1 aliphatic rings. The van der Waals surface area contributed by atoms with Crippen LogP contribution in [0.2, 0.25) is 0 Å². The topological polar surface area (TPSA) is 23.5 Å². The van der Waals surface area contributed by atoms with Gasteiger partial charge < -0.3 is 10.0 Å². The van der Waals surface area contributed by atoms with Crippen molar-refractivity contribution in [2.24, 2.45) is 0 Å². The van der Waals surface area contributed by atoms with E-state index < -0.39 is 0 Å². The first kappa shape index (κ1) is 10.6. The molecule has 0 aliphatic carbocycles. The van der Waals surface area contributed by atoms with Gasteiger partial charge >= 0.3 is 0 Å². The molecule has 1 heterocycles. The number of piperidine rings is 1. The van der Waals surface area contributed by atoms with Crippen LogP contribution in [0.15, 0.2) is 0 Å². The molecular formula is C11H19NO. The fourth-order valence-electron chi connectivity index (χ4n) is 1.66. The van der Waals surface area contributed by atoms with E-state index in [0.29, 0.717) is 0 Å². The first-order chi connectivity index (χ1) is 6.33. The molecule has 0 unspecified atom stereocenters. The van der Waals surface area contributed by atoms with Crippen molar-refractivity contribution in [3.8, 4) is 11.8 Å². The molecule has 0 radical (unpaired) electrons. The largest absolute Gasteiger partial charge is 0.393 e. The third-order valence-corrected chi connectivity index (χ3v) is 2.51. The molecular weight excluding hydrogens is 162 g/mol.